The predicted octanol–water partition coefficient (Wildman–Crippen LogP) is 3.03. The van der Waals surface area contributed by atoms with E-state index in [1.54, 1.807) is 24.4 Å². The van der Waals surface area contributed by atoms with Gasteiger partial charge in [0.1, 0.15) is 5.75 Å². The molecule has 0 bridgehead atoms. The Labute approximate surface area is 107 Å². The van der Waals surface area contributed by atoms with E-state index in [4.69, 9.17) is 5.73 Å². The van der Waals surface area contributed by atoms with Crippen molar-refractivity contribution >= 4 is 0 Å². The second-order valence-electron chi connectivity index (χ2n) is 3.85. The Balaban J connectivity index is 2.35. The predicted molar refractivity (Wildman–Crippen MR) is 63.4 cm³/mol. The maximum absolute atomic E-state index is 12.3. The highest BCUT2D eigenvalue weighted by molar-refractivity contribution is 5.40. The molecule has 0 aliphatic heterocycles. The van der Waals surface area contributed by atoms with E-state index in [2.05, 4.69) is 9.72 Å². The standard InChI is InChI=1S/C13H11F3N2O/c14-13(15,16)19-11-6-2-1-5-10(11)12(17)9-4-3-7-18-8-9/h1-8,12H,17H2. The number of nitrogens with zero attached hydrogens (tertiary/aromatic N) is 1. The van der Waals surface area contributed by atoms with Crippen LogP contribution in [0.25, 0.3) is 0 Å². The van der Waals surface area contributed by atoms with Gasteiger partial charge < -0.3 is 10.5 Å². The van der Waals surface area contributed by atoms with Gasteiger partial charge in [-0.1, -0.05) is 24.3 Å². The molecule has 2 aromatic rings. The molecule has 2 rings (SSSR count). The Hall–Kier alpha value is -2.08. The summed E-state index contributed by atoms with van der Waals surface area (Å²) < 4.78 is 40.9. The third-order valence-corrected chi connectivity index (χ3v) is 2.52. The van der Waals surface area contributed by atoms with Crippen LogP contribution in [0.15, 0.2) is 48.8 Å². The molecule has 1 heterocycles. The van der Waals surface area contributed by atoms with Crippen LogP contribution < -0.4 is 10.5 Å². The average molecular weight is 268 g/mol. The van der Waals surface area contributed by atoms with E-state index >= 15 is 0 Å². The number of halogens is 3. The lowest BCUT2D eigenvalue weighted by atomic mass is 10.0. The molecule has 1 unspecified atom stereocenters. The first-order valence-electron chi connectivity index (χ1n) is 5.47. The highest BCUT2D eigenvalue weighted by Gasteiger charge is 2.32. The minimum atomic E-state index is -4.75. The van der Waals surface area contributed by atoms with Crippen LogP contribution in [0, 0.1) is 0 Å². The number of nitrogens with two attached hydrogens (primary N) is 1. The zero-order valence-electron chi connectivity index (χ0n) is 9.76. The lowest BCUT2D eigenvalue weighted by Crippen LogP contribution is -2.20. The smallest absolute Gasteiger partial charge is 0.405 e. The van der Waals surface area contributed by atoms with Crippen molar-refractivity contribution in [3.05, 3.63) is 59.9 Å². The number of hydrogen-bond donors (Lipinski definition) is 1. The van der Waals surface area contributed by atoms with Crippen LogP contribution in [0.3, 0.4) is 0 Å². The fourth-order valence-corrected chi connectivity index (χ4v) is 1.69. The zero-order chi connectivity index (χ0) is 13.9. The van der Waals surface area contributed by atoms with Gasteiger partial charge in [0.15, 0.2) is 0 Å². The Morgan fingerprint density at radius 3 is 2.47 bits per heavy atom. The van der Waals surface area contributed by atoms with Gasteiger partial charge in [0, 0.05) is 18.0 Å². The molecular weight excluding hydrogens is 257 g/mol. The van der Waals surface area contributed by atoms with Crippen molar-refractivity contribution in [1.82, 2.24) is 4.98 Å². The lowest BCUT2D eigenvalue weighted by Gasteiger charge is -2.17. The number of aromatic nitrogens is 1. The molecule has 0 saturated heterocycles. The van der Waals surface area contributed by atoms with Gasteiger partial charge in [-0.25, -0.2) is 0 Å². The molecule has 0 aliphatic carbocycles. The monoisotopic (exact) mass is 268 g/mol. The quantitative estimate of drug-likeness (QED) is 0.930. The first-order valence-corrected chi connectivity index (χ1v) is 5.47. The number of hydrogen-bond acceptors (Lipinski definition) is 3. The van der Waals surface area contributed by atoms with Gasteiger partial charge in [0.25, 0.3) is 0 Å². The fraction of sp³-hybridized carbons (Fsp3) is 0.154. The fourth-order valence-electron chi connectivity index (χ4n) is 1.69. The van der Waals surface area contributed by atoms with Crippen LogP contribution >= 0.6 is 0 Å². The second kappa shape index (κ2) is 5.27. The first-order chi connectivity index (χ1) is 8.97. The van der Waals surface area contributed by atoms with E-state index in [-0.39, 0.29) is 11.3 Å². The molecule has 1 aromatic heterocycles. The van der Waals surface area contributed by atoms with Crippen LogP contribution in [0.1, 0.15) is 17.2 Å². The van der Waals surface area contributed by atoms with Gasteiger partial charge in [-0.2, -0.15) is 0 Å². The largest absolute Gasteiger partial charge is 0.573 e. The summed E-state index contributed by atoms with van der Waals surface area (Å²) >= 11 is 0. The SMILES string of the molecule is NC(c1cccnc1)c1ccccc1OC(F)(F)F. The molecule has 0 spiro atoms. The number of alkyl halides is 3. The Kier molecular flexibility index (Phi) is 3.71. The molecule has 1 aromatic carbocycles. The van der Waals surface area contributed by atoms with Crippen molar-refractivity contribution in [2.75, 3.05) is 0 Å². The summed E-state index contributed by atoms with van der Waals surface area (Å²) in [6.45, 7) is 0. The highest BCUT2D eigenvalue weighted by Crippen LogP contribution is 2.31. The van der Waals surface area contributed by atoms with E-state index < -0.39 is 12.4 Å². The third kappa shape index (κ3) is 3.45. The molecule has 6 heteroatoms. The maximum Gasteiger partial charge on any atom is 0.573 e. The van der Waals surface area contributed by atoms with Gasteiger partial charge in [0.05, 0.1) is 6.04 Å². The zero-order valence-corrected chi connectivity index (χ0v) is 9.76. The van der Waals surface area contributed by atoms with Gasteiger partial charge in [-0.15, -0.1) is 13.2 Å². The summed E-state index contributed by atoms with van der Waals surface area (Å²) in [6.07, 6.45) is -1.67. The van der Waals surface area contributed by atoms with Crippen molar-refractivity contribution in [1.29, 1.82) is 0 Å². The molecule has 3 nitrogen and oxygen atoms in total. The molecule has 0 saturated carbocycles. The van der Waals surface area contributed by atoms with E-state index in [0.29, 0.717) is 5.56 Å². The number of benzene rings is 1. The van der Waals surface area contributed by atoms with Crippen molar-refractivity contribution in [2.24, 2.45) is 5.73 Å². The summed E-state index contributed by atoms with van der Waals surface area (Å²) in [5.41, 5.74) is 6.82. The molecule has 2 N–H and O–H groups in total. The summed E-state index contributed by atoms with van der Waals surface area (Å²) in [5.74, 6) is -0.300. The van der Waals surface area contributed by atoms with E-state index in [1.165, 1.54) is 24.4 Å². The first kappa shape index (κ1) is 13.4. The lowest BCUT2D eigenvalue weighted by molar-refractivity contribution is -0.274. The maximum atomic E-state index is 12.3. The number of ether oxygens (including phenoxy) is 1. The van der Waals surface area contributed by atoms with E-state index in [9.17, 15) is 13.2 Å². The highest BCUT2D eigenvalue weighted by atomic mass is 19.4. The van der Waals surface area contributed by atoms with Crippen LogP contribution in [0.5, 0.6) is 5.75 Å². The van der Waals surface area contributed by atoms with Gasteiger partial charge in [-0.05, 0) is 17.7 Å². The number of pyridine rings is 1. The average Bonchev–Trinajstić information content (AvgIpc) is 2.38. The van der Waals surface area contributed by atoms with E-state index in [0.717, 1.165) is 0 Å². The van der Waals surface area contributed by atoms with Crippen molar-refractivity contribution in [3.63, 3.8) is 0 Å². The molecule has 19 heavy (non-hydrogen) atoms. The van der Waals surface area contributed by atoms with Crippen LogP contribution in [0.4, 0.5) is 13.2 Å². The Morgan fingerprint density at radius 1 is 1.11 bits per heavy atom. The number of rotatable bonds is 3. The summed E-state index contributed by atoms with van der Waals surface area (Å²) in [4.78, 5) is 3.89. The van der Waals surface area contributed by atoms with E-state index in [1.807, 2.05) is 0 Å². The normalized spacial score (nSPS) is 13.1. The number of para-hydroxylation sites is 1. The molecular formula is C13H11F3N2O. The topological polar surface area (TPSA) is 48.1 Å². The Morgan fingerprint density at radius 2 is 1.84 bits per heavy atom. The van der Waals surface area contributed by atoms with Crippen molar-refractivity contribution in [3.8, 4) is 5.75 Å². The third-order valence-electron chi connectivity index (χ3n) is 2.52. The molecule has 0 aliphatic rings. The molecule has 100 valence electrons. The minimum absolute atomic E-state index is 0.257. The van der Waals surface area contributed by atoms with Crippen molar-refractivity contribution in [2.45, 2.75) is 12.4 Å². The summed E-state index contributed by atoms with van der Waals surface area (Å²) in [7, 11) is 0. The Bertz CT molecular complexity index is 543. The van der Waals surface area contributed by atoms with Gasteiger partial charge >= 0.3 is 6.36 Å². The minimum Gasteiger partial charge on any atom is -0.405 e. The second-order valence-corrected chi connectivity index (χ2v) is 3.85. The summed E-state index contributed by atoms with van der Waals surface area (Å²) in [5, 5.41) is 0. The molecule has 0 amide bonds. The summed E-state index contributed by atoms with van der Waals surface area (Å²) in [6, 6.07) is 8.43. The molecule has 1 atom stereocenters. The molecule has 0 fully saturated rings. The van der Waals surface area contributed by atoms with Gasteiger partial charge in [-0.3, -0.25) is 4.98 Å². The van der Waals surface area contributed by atoms with Crippen LogP contribution in [-0.4, -0.2) is 11.3 Å². The van der Waals surface area contributed by atoms with Gasteiger partial charge in [0.2, 0.25) is 0 Å². The molecule has 0 radical (unpaired) electrons. The van der Waals surface area contributed by atoms with Crippen LogP contribution in [0.2, 0.25) is 0 Å². The van der Waals surface area contributed by atoms with Crippen molar-refractivity contribution < 1.29 is 17.9 Å². The van der Waals surface area contributed by atoms with Crippen LogP contribution in [-0.2, 0) is 0 Å².